The number of carbonyl (C=O) groups excluding carboxylic acids is 1. The molecule has 2 heterocycles. The molecule has 0 saturated carbocycles. The van der Waals surface area contributed by atoms with Crippen LogP contribution < -0.4 is 4.74 Å². The van der Waals surface area contributed by atoms with Crippen LogP contribution in [0.25, 0.3) is 0 Å². The number of hydrogen-bond acceptors (Lipinski definition) is 3. The van der Waals surface area contributed by atoms with Crippen LogP contribution >= 0.6 is 24.0 Å². The molecule has 0 spiro atoms. The molecule has 4 nitrogen and oxygen atoms in total. The number of fused-ring (bicyclic) bond motifs is 1. The van der Waals surface area contributed by atoms with Gasteiger partial charge >= 0.3 is 0 Å². The molecule has 1 amide bonds. The Morgan fingerprint density at radius 2 is 1.86 bits per heavy atom. The van der Waals surface area contributed by atoms with E-state index in [9.17, 15) is 9.18 Å². The van der Waals surface area contributed by atoms with E-state index in [4.69, 9.17) is 16.3 Å². The molecule has 0 N–H and O–H groups in total. The average molecular weight is 425 g/mol. The van der Waals surface area contributed by atoms with Crippen LogP contribution in [-0.2, 0) is 0 Å². The first-order chi connectivity index (χ1) is 13.0. The van der Waals surface area contributed by atoms with Crippen LogP contribution in [0.1, 0.15) is 22.0 Å². The predicted octanol–water partition coefficient (Wildman–Crippen LogP) is 4.28. The van der Waals surface area contributed by atoms with Crippen LogP contribution in [-0.4, -0.2) is 49.5 Å². The summed E-state index contributed by atoms with van der Waals surface area (Å²) in [5.74, 6) is 0.740. The van der Waals surface area contributed by atoms with E-state index in [1.807, 2.05) is 12.1 Å². The van der Waals surface area contributed by atoms with Crippen molar-refractivity contribution in [3.63, 3.8) is 0 Å². The van der Waals surface area contributed by atoms with Crippen molar-refractivity contribution in [2.24, 2.45) is 11.8 Å². The summed E-state index contributed by atoms with van der Waals surface area (Å²) in [6, 6.07) is 12.5. The smallest absolute Gasteiger partial charge is 0.256 e. The maximum absolute atomic E-state index is 14.1. The van der Waals surface area contributed by atoms with Crippen LogP contribution in [0, 0.1) is 17.7 Å². The zero-order valence-corrected chi connectivity index (χ0v) is 17.3. The monoisotopic (exact) mass is 424 g/mol. The van der Waals surface area contributed by atoms with Gasteiger partial charge in [0.15, 0.2) is 0 Å². The van der Waals surface area contributed by atoms with Gasteiger partial charge in [0.1, 0.15) is 11.6 Å². The third kappa shape index (κ3) is 3.71. The number of nitrogens with zero attached hydrogens (tertiary/aromatic N) is 2. The first-order valence-corrected chi connectivity index (χ1v) is 9.44. The first kappa shape index (κ1) is 20.9. The lowest BCUT2D eigenvalue weighted by atomic mass is 9.89. The summed E-state index contributed by atoms with van der Waals surface area (Å²) in [5, 5.41) is 0.370. The Balaban J connectivity index is 0.00000225. The molecule has 2 aliphatic rings. The van der Waals surface area contributed by atoms with E-state index in [-0.39, 0.29) is 29.9 Å². The number of carbonyl (C=O) groups is 1. The number of halogens is 3. The minimum atomic E-state index is -0.523. The molecule has 150 valence electrons. The summed E-state index contributed by atoms with van der Waals surface area (Å²) in [5.41, 5.74) is 1.27. The summed E-state index contributed by atoms with van der Waals surface area (Å²) in [7, 11) is 3.78. The highest BCUT2D eigenvalue weighted by Gasteiger charge is 2.47. The van der Waals surface area contributed by atoms with Gasteiger partial charge in [-0.05, 0) is 48.9 Å². The fourth-order valence-corrected chi connectivity index (χ4v) is 4.73. The van der Waals surface area contributed by atoms with Crippen molar-refractivity contribution in [3.8, 4) is 5.75 Å². The van der Waals surface area contributed by atoms with E-state index in [0.29, 0.717) is 29.9 Å². The lowest BCUT2D eigenvalue weighted by molar-refractivity contribution is 0.0763. The number of rotatable bonds is 3. The Bertz CT molecular complexity index is 862. The molecule has 0 radical (unpaired) electrons. The van der Waals surface area contributed by atoms with Gasteiger partial charge in [-0.15, -0.1) is 12.4 Å². The van der Waals surface area contributed by atoms with E-state index in [1.54, 1.807) is 12.0 Å². The number of likely N-dealkylation sites (tertiary alicyclic amines) is 2. The fraction of sp³-hybridized carbons (Fsp3) is 0.381. The van der Waals surface area contributed by atoms with Crippen LogP contribution in [0.2, 0.25) is 5.02 Å². The van der Waals surface area contributed by atoms with Gasteiger partial charge < -0.3 is 9.64 Å². The Labute approximate surface area is 175 Å². The van der Waals surface area contributed by atoms with Crippen molar-refractivity contribution in [2.45, 2.75) is 6.04 Å². The van der Waals surface area contributed by atoms with Crippen LogP contribution in [0.3, 0.4) is 0 Å². The van der Waals surface area contributed by atoms with Crippen molar-refractivity contribution >= 4 is 29.9 Å². The Morgan fingerprint density at radius 1 is 1.14 bits per heavy atom. The average Bonchev–Trinajstić information content (AvgIpc) is 3.20. The lowest BCUT2D eigenvalue weighted by Gasteiger charge is -2.27. The predicted molar refractivity (Wildman–Crippen MR) is 110 cm³/mol. The normalized spacial score (nSPS) is 24.0. The van der Waals surface area contributed by atoms with Gasteiger partial charge in [0.25, 0.3) is 5.91 Å². The zero-order chi connectivity index (χ0) is 19.1. The van der Waals surface area contributed by atoms with Crippen molar-refractivity contribution in [1.82, 2.24) is 9.80 Å². The number of ether oxygens (including phenoxy) is 1. The standard InChI is InChI=1S/C21H22ClFN2O2.ClH/c1-24-10-14-11-25(21(26)17-9-15(22)5-8-19(17)23)12-18(14)20(24)13-3-6-16(27-2)7-4-13;/h3-9,14,18,20H,10-12H2,1-2H3;1H/t14-,18+,20-;/m0./s1. The van der Waals surface area contributed by atoms with Gasteiger partial charge in [0, 0.05) is 36.6 Å². The number of benzene rings is 2. The minimum absolute atomic E-state index is 0. The topological polar surface area (TPSA) is 32.8 Å². The molecular formula is C21H23Cl2FN2O2. The van der Waals surface area contributed by atoms with E-state index < -0.39 is 5.82 Å². The van der Waals surface area contributed by atoms with E-state index in [2.05, 4.69) is 24.1 Å². The van der Waals surface area contributed by atoms with Crippen LogP contribution in [0.4, 0.5) is 4.39 Å². The van der Waals surface area contributed by atoms with Crippen molar-refractivity contribution in [1.29, 1.82) is 0 Å². The van der Waals surface area contributed by atoms with Gasteiger partial charge in [-0.2, -0.15) is 0 Å². The maximum Gasteiger partial charge on any atom is 0.256 e. The molecule has 2 aromatic carbocycles. The number of methoxy groups -OCH3 is 1. The molecule has 2 fully saturated rings. The van der Waals surface area contributed by atoms with E-state index in [0.717, 1.165) is 12.3 Å². The summed E-state index contributed by atoms with van der Waals surface area (Å²) in [6.07, 6.45) is 0. The van der Waals surface area contributed by atoms with Crippen molar-refractivity contribution < 1.29 is 13.9 Å². The Kier molecular flexibility index (Phi) is 6.18. The summed E-state index contributed by atoms with van der Waals surface area (Å²) >= 11 is 5.96. The highest BCUT2D eigenvalue weighted by atomic mass is 35.5. The quantitative estimate of drug-likeness (QED) is 0.736. The molecule has 0 bridgehead atoms. The van der Waals surface area contributed by atoms with Crippen molar-refractivity contribution in [3.05, 3.63) is 64.4 Å². The molecule has 0 aromatic heterocycles. The largest absolute Gasteiger partial charge is 0.497 e. The van der Waals surface area contributed by atoms with Gasteiger partial charge in [-0.25, -0.2) is 4.39 Å². The van der Waals surface area contributed by atoms with Gasteiger partial charge in [-0.3, -0.25) is 9.69 Å². The maximum atomic E-state index is 14.1. The van der Waals surface area contributed by atoms with E-state index in [1.165, 1.54) is 23.8 Å². The number of amides is 1. The fourth-order valence-electron chi connectivity index (χ4n) is 4.56. The lowest BCUT2D eigenvalue weighted by Crippen LogP contribution is -2.33. The molecule has 2 aromatic rings. The zero-order valence-electron chi connectivity index (χ0n) is 15.8. The molecule has 7 heteroatoms. The highest BCUT2D eigenvalue weighted by Crippen LogP contribution is 2.44. The van der Waals surface area contributed by atoms with Crippen LogP contribution in [0.15, 0.2) is 42.5 Å². The third-order valence-electron chi connectivity index (χ3n) is 5.80. The molecule has 4 rings (SSSR count). The summed E-state index contributed by atoms with van der Waals surface area (Å²) < 4.78 is 19.4. The van der Waals surface area contributed by atoms with Gasteiger partial charge in [0.2, 0.25) is 0 Å². The molecule has 0 aliphatic carbocycles. The minimum Gasteiger partial charge on any atom is -0.497 e. The first-order valence-electron chi connectivity index (χ1n) is 9.06. The second-order valence-electron chi connectivity index (χ2n) is 7.42. The summed E-state index contributed by atoms with van der Waals surface area (Å²) in [4.78, 5) is 17.0. The van der Waals surface area contributed by atoms with Crippen LogP contribution in [0.5, 0.6) is 5.75 Å². The molecule has 0 unspecified atom stereocenters. The molecule has 3 atom stereocenters. The molecule has 2 saturated heterocycles. The Morgan fingerprint density at radius 3 is 2.54 bits per heavy atom. The second kappa shape index (κ2) is 8.27. The van der Waals surface area contributed by atoms with Gasteiger partial charge in [0.05, 0.1) is 12.7 Å². The second-order valence-corrected chi connectivity index (χ2v) is 7.85. The summed E-state index contributed by atoms with van der Waals surface area (Å²) in [6.45, 7) is 2.19. The van der Waals surface area contributed by atoms with E-state index >= 15 is 0 Å². The van der Waals surface area contributed by atoms with Crippen molar-refractivity contribution in [2.75, 3.05) is 33.8 Å². The number of hydrogen-bond donors (Lipinski definition) is 0. The highest BCUT2D eigenvalue weighted by molar-refractivity contribution is 6.31. The molecule has 2 aliphatic heterocycles. The Hall–Kier alpha value is -1.82. The molecule has 28 heavy (non-hydrogen) atoms. The SMILES string of the molecule is COc1ccc([C@H]2[C@@H]3CN(C(=O)c4cc(Cl)ccc4F)C[C@@H]3CN2C)cc1.Cl. The van der Waals surface area contributed by atoms with Gasteiger partial charge in [-0.1, -0.05) is 23.7 Å². The molecular weight excluding hydrogens is 402 g/mol. The third-order valence-corrected chi connectivity index (χ3v) is 6.03.